The van der Waals surface area contributed by atoms with Crippen LogP contribution in [0.2, 0.25) is 5.02 Å². The Hall–Kier alpha value is -2.37. The van der Waals surface area contributed by atoms with Crippen LogP contribution in [0.1, 0.15) is 36.8 Å². The topological polar surface area (TPSA) is 64.6 Å². The van der Waals surface area contributed by atoms with Crippen molar-refractivity contribution >= 4 is 23.5 Å². The van der Waals surface area contributed by atoms with Crippen molar-refractivity contribution in [3.05, 3.63) is 58.6 Å². The van der Waals surface area contributed by atoms with Crippen LogP contribution in [0.5, 0.6) is 0 Å². The Morgan fingerprint density at radius 1 is 1.06 bits per heavy atom. The number of carbonyl (C=O) groups excluding carboxylic acids is 2. The second-order valence-electron chi connectivity index (χ2n) is 8.35. The van der Waals surface area contributed by atoms with E-state index in [1.807, 2.05) is 49.4 Å². The van der Waals surface area contributed by atoms with Crippen LogP contribution in [0.25, 0.3) is 11.1 Å². The SMILES string of the molecule is COC[C@H]1CC[C@@](NC(=O)Cc2cc(-c3ccc(Cl)cc3)ccc2C)(C(=O)OC)CC1. The van der Waals surface area contributed by atoms with Gasteiger partial charge in [0.05, 0.1) is 13.5 Å². The number of benzene rings is 2. The summed E-state index contributed by atoms with van der Waals surface area (Å²) in [5.41, 5.74) is 3.06. The smallest absolute Gasteiger partial charge is 0.331 e. The molecular formula is C25H30ClNO4. The molecule has 3 rings (SSSR count). The van der Waals surface area contributed by atoms with E-state index in [0.29, 0.717) is 30.4 Å². The number of nitrogens with one attached hydrogen (secondary N) is 1. The van der Waals surface area contributed by atoms with Crippen molar-refractivity contribution in [2.45, 2.75) is 44.6 Å². The molecule has 0 aromatic heterocycles. The van der Waals surface area contributed by atoms with Gasteiger partial charge >= 0.3 is 5.97 Å². The Morgan fingerprint density at radius 2 is 1.71 bits per heavy atom. The van der Waals surface area contributed by atoms with Crippen LogP contribution in [0, 0.1) is 12.8 Å². The van der Waals surface area contributed by atoms with Gasteiger partial charge in [0.25, 0.3) is 0 Å². The largest absolute Gasteiger partial charge is 0.467 e. The van der Waals surface area contributed by atoms with Crippen LogP contribution in [0.3, 0.4) is 0 Å². The zero-order valence-electron chi connectivity index (χ0n) is 18.4. The lowest BCUT2D eigenvalue weighted by Gasteiger charge is -2.38. The molecule has 31 heavy (non-hydrogen) atoms. The standard InChI is InChI=1S/C25H30ClNO4/c1-17-4-5-20(19-6-8-22(26)9-7-19)14-21(17)15-23(28)27-25(24(29)31-3)12-10-18(11-13-25)16-30-2/h4-9,14,18H,10-13,15-16H2,1-3H3,(H,27,28)/t18-,25-. The highest BCUT2D eigenvalue weighted by molar-refractivity contribution is 6.30. The molecule has 2 aromatic carbocycles. The number of methoxy groups -OCH3 is 2. The van der Waals surface area contributed by atoms with E-state index in [2.05, 4.69) is 5.32 Å². The molecule has 166 valence electrons. The predicted octanol–water partition coefficient (Wildman–Crippen LogP) is 4.72. The number of amides is 1. The molecule has 0 radical (unpaired) electrons. The van der Waals surface area contributed by atoms with Gasteiger partial charge in [-0.3, -0.25) is 4.79 Å². The van der Waals surface area contributed by atoms with Gasteiger partial charge in [-0.15, -0.1) is 0 Å². The number of hydrogen-bond acceptors (Lipinski definition) is 4. The van der Waals surface area contributed by atoms with Gasteiger partial charge in [-0.05, 0) is 72.9 Å². The number of hydrogen-bond donors (Lipinski definition) is 1. The summed E-state index contributed by atoms with van der Waals surface area (Å²) in [6.45, 7) is 2.65. The van der Waals surface area contributed by atoms with Crippen LogP contribution >= 0.6 is 11.6 Å². The van der Waals surface area contributed by atoms with Crippen molar-refractivity contribution < 1.29 is 19.1 Å². The fourth-order valence-corrected chi connectivity index (χ4v) is 4.44. The van der Waals surface area contributed by atoms with Crippen LogP contribution in [-0.2, 0) is 25.5 Å². The number of rotatable bonds is 7. The second-order valence-corrected chi connectivity index (χ2v) is 8.78. The molecular weight excluding hydrogens is 414 g/mol. The molecule has 1 saturated carbocycles. The van der Waals surface area contributed by atoms with Crippen molar-refractivity contribution in [3.8, 4) is 11.1 Å². The molecule has 1 aliphatic rings. The van der Waals surface area contributed by atoms with Crippen molar-refractivity contribution in [1.29, 1.82) is 0 Å². The van der Waals surface area contributed by atoms with E-state index >= 15 is 0 Å². The molecule has 1 N–H and O–H groups in total. The summed E-state index contributed by atoms with van der Waals surface area (Å²) in [7, 11) is 3.06. The van der Waals surface area contributed by atoms with E-state index in [1.54, 1.807) is 7.11 Å². The first-order valence-electron chi connectivity index (χ1n) is 10.6. The normalized spacial score (nSPS) is 20.8. The van der Waals surface area contributed by atoms with E-state index in [0.717, 1.165) is 35.1 Å². The third-order valence-corrected chi connectivity index (χ3v) is 6.45. The minimum atomic E-state index is -0.961. The average Bonchev–Trinajstić information content (AvgIpc) is 2.77. The molecule has 6 heteroatoms. The van der Waals surface area contributed by atoms with Crippen LogP contribution < -0.4 is 5.32 Å². The summed E-state index contributed by atoms with van der Waals surface area (Å²) in [6, 6.07) is 13.7. The maximum absolute atomic E-state index is 13.0. The van der Waals surface area contributed by atoms with Crippen LogP contribution in [0.15, 0.2) is 42.5 Å². The Bertz CT molecular complexity index is 918. The highest BCUT2D eigenvalue weighted by Crippen LogP contribution is 2.33. The van der Waals surface area contributed by atoms with Gasteiger partial charge in [0.2, 0.25) is 5.91 Å². The lowest BCUT2D eigenvalue weighted by Crippen LogP contribution is -2.57. The van der Waals surface area contributed by atoms with Crippen LogP contribution in [0.4, 0.5) is 0 Å². The third-order valence-electron chi connectivity index (χ3n) is 6.19. The Labute approximate surface area is 189 Å². The zero-order valence-corrected chi connectivity index (χ0v) is 19.1. The number of aryl methyl sites for hydroxylation is 1. The maximum atomic E-state index is 13.0. The molecule has 1 aliphatic carbocycles. The molecule has 0 saturated heterocycles. The molecule has 1 fully saturated rings. The lowest BCUT2D eigenvalue weighted by molar-refractivity contribution is -0.153. The third kappa shape index (κ3) is 5.66. The summed E-state index contributed by atoms with van der Waals surface area (Å²) in [4.78, 5) is 25.6. The molecule has 0 aliphatic heterocycles. The van der Waals surface area contributed by atoms with Gasteiger partial charge in [-0.25, -0.2) is 4.79 Å². The van der Waals surface area contributed by atoms with E-state index in [-0.39, 0.29) is 18.3 Å². The quantitative estimate of drug-likeness (QED) is 0.628. The average molecular weight is 444 g/mol. The molecule has 1 amide bonds. The fraction of sp³-hybridized carbons (Fsp3) is 0.440. The maximum Gasteiger partial charge on any atom is 0.331 e. The lowest BCUT2D eigenvalue weighted by atomic mass is 9.76. The first-order chi connectivity index (χ1) is 14.9. The van der Waals surface area contributed by atoms with Gasteiger partial charge in [0, 0.05) is 18.7 Å². The number of esters is 1. The number of ether oxygens (including phenoxy) is 2. The van der Waals surface area contributed by atoms with Crippen molar-refractivity contribution in [2.24, 2.45) is 5.92 Å². The Kier molecular flexibility index (Phi) is 7.74. The van der Waals surface area contributed by atoms with Gasteiger partial charge < -0.3 is 14.8 Å². The van der Waals surface area contributed by atoms with Crippen molar-refractivity contribution in [2.75, 3.05) is 20.8 Å². The second kappa shape index (κ2) is 10.3. The predicted molar refractivity (Wildman–Crippen MR) is 122 cm³/mol. The van der Waals surface area contributed by atoms with Gasteiger partial charge in [0.1, 0.15) is 5.54 Å². The highest BCUT2D eigenvalue weighted by Gasteiger charge is 2.44. The first-order valence-corrected chi connectivity index (χ1v) is 11.0. The Balaban J connectivity index is 1.74. The molecule has 0 spiro atoms. The minimum Gasteiger partial charge on any atom is -0.467 e. The molecule has 0 atom stereocenters. The van der Waals surface area contributed by atoms with Crippen LogP contribution in [-0.4, -0.2) is 38.2 Å². The monoisotopic (exact) mass is 443 g/mol. The highest BCUT2D eigenvalue weighted by atomic mass is 35.5. The summed E-state index contributed by atoms with van der Waals surface area (Å²) in [5.74, 6) is -0.145. The van der Waals surface area contributed by atoms with Gasteiger partial charge in [0.15, 0.2) is 0 Å². The Morgan fingerprint density at radius 3 is 2.32 bits per heavy atom. The van der Waals surface area contributed by atoms with Crippen molar-refractivity contribution in [1.82, 2.24) is 5.32 Å². The van der Waals surface area contributed by atoms with E-state index in [1.165, 1.54) is 7.11 Å². The minimum absolute atomic E-state index is 0.174. The number of carbonyl (C=O) groups is 2. The summed E-state index contributed by atoms with van der Waals surface area (Å²) in [5, 5.41) is 3.70. The van der Waals surface area contributed by atoms with E-state index in [9.17, 15) is 9.59 Å². The molecule has 0 unspecified atom stereocenters. The van der Waals surface area contributed by atoms with Gasteiger partial charge in [-0.2, -0.15) is 0 Å². The first kappa shape index (κ1) is 23.3. The summed E-state index contributed by atoms with van der Waals surface area (Å²) in [6.07, 6.45) is 2.95. The van der Waals surface area contributed by atoms with E-state index < -0.39 is 5.54 Å². The fourth-order valence-electron chi connectivity index (χ4n) is 4.32. The van der Waals surface area contributed by atoms with E-state index in [4.69, 9.17) is 21.1 Å². The molecule has 2 aromatic rings. The molecule has 5 nitrogen and oxygen atoms in total. The van der Waals surface area contributed by atoms with Crippen molar-refractivity contribution in [3.63, 3.8) is 0 Å². The number of halogens is 1. The molecule has 0 bridgehead atoms. The summed E-state index contributed by atoms with van der Waals surface area (Å²) < 4.78 is 10.3. The summed E-state index contributed by atoms with van der Waals surface area (Å²) >= 11 is 6.00. The molecule has 0 heterocycles. The zero-order chi connectivity index (χ0) is 22.4. The van der Waals surface area contributed by atoms with Gasteiger partial charge in [-0.1, -0.05) is 41.9 Å².